The first kappa shape index (κ1) is 19.8. The fourth-order valence-electron chi connectivity index (χ4n) is 2.50. The van der Waals surface area contributed by atoms with Crippen molar-refractivity contribution in [2.45, 2.75) is 38.9 Å². The lowest BCUT2D eigenvalue weighted by molar-refractivity contribution is 0.0147. The first-order chi connectivity index (χ1) is 12.2. The lowest BCUT2D eigenvalue weighted by Crippen LogP contribution is -2.40. The van der Waals surface area contributed by atoms with Gasteiger partial charge in [0.25, 0.3) is 0 Å². The van der Waals surface area contributed by atoms with Gasteiger partial charge < -0.3 is 19.8 Å². The van der Waals surface area contributed by atoms with E-state index in [-0.39, 0.29) is 12.3 Å². The molecule has 0 spiro atoms. The summed E-state index contributed by atoms with van der Waals surface area (Å²) in [7, 11) is 0. The first-order valence-corrected chi connectivity index (χ1v) is 8.73. The van der Waals surface area contributed by atoms with Crippen molar-refractivity contribution in [3.8, 4) is 5.75 Å². The lowest BCUT2D eigenvalue weighted by Gasteiger charge is -2.29. The van der Waals surface area contributed by atoms with Gasteiger partial charge in [0.05, 0.1) is 12.6 Å². The van der Waals surface area contributed by atoms with Gasteiger partial charge in [0.2, 0.25) is 0 Å². The molecule has 2 rings (SSSR count). The molecule has 0 aromatic heterocycles. The summed E-state index contributed by atoms with van der Waals surface area (Å²) in [4.78, 5) is 14.1. The number of rotatable bonds is 6. The Bertz CT molecular complexity index is 692. The standard InChI is InChI=1S/C21H27NO4/c1-21(2,3)26-20(25)22(14-13-16-9-11-18(23)12-10-16)15-19(24)17-7-5-4-6-8-17/h4-12,19,23-24H,13-15H2,1-3H3. The molecule has 1 unspecified atom stereocenters. The van der Waals surface area contributed by atoms with Crippen LogP contribution in [0.25, 0.3) is 0 Å². The van der Waals surface area contributed by atoms with Gasteiger partial charge in [-0.2, -0.15) is 0 Å². The van der Waals surface area contributed by atoms with Crippen LogP contribution in [0.4, 0.5) is 4.79 Å². The summed E-state index contributed by atoms with van der Waals surface area (Å²) in [6.07, 6.45) is -0.643. The Morgan fingerprint density at radius 1 is 1.08 bits per heavy atom. The number of aromatic hydroxyl groups is 1. The minimum Gasteiger partial charge on any atom is -0.508 e. The van der Waals surface area contributed by atoms with E-state index >= 15 is 0 Å². The van der Waals surface area contributed by atoms with Crippen LogP contribution in [0.3, 0.4) is 0 Å². The molecule has 2 N–H and O–H groups in total. The molecule has 0 saturated heterocycles. The number of phenols is 1. The third kappa shape index (κ3) is 6.41. The van der Waals surface area contributed by atoms with E-state index in [0.29, 0.717) is 13.0 Å². The summed E-state index contributed by atoms with van der Waals surface area (Å²) in [5.74, 6) is 0.206. The zero-order chi connectivity index (χ0) is 19.2. The highest BCUT2D eigenvalue weighted by atomic mass is 16.6. The highest BCUT2D eigenvalue weighted by Crippen LogP contribution is 2.18. The smallest absolute Gasteiger partial charge is 0.410 e. The number of hydrogen-bond acceptors (Lipinski definition) is 4. The van der Waals surface area contributed by atoms with E-state index in [4.69, 9.17) is 4.74 Å². The molecule has 2 aromatic rings. The molecule has 2 aromatic carbocycles. The Hall–Kier alpha value is -2.53. The van der Waals surface area contributed by atoms with Crippen LogP contribution in [-0.4, -0.2) is 39.9 Å². The molecule has 140 valence electrons. The maximum absolute atomic E-state index is 12.6. The molecule has 0 aliphatic heterocycles. The van der Waals surface area contributed by atoms with Crippen LogP contribution in [-0.2, 0) is 11.2 Å². The molecule has 0 aliphatic carbocycles. The number of hydrogen-bond donors (Lipinski definition) is 2. The number of ether oxygens (including phenoxy) is 1. The molecule has 1 amide bonds. The Balaban J connectivity index is 2.07. The van der Waals surface area contributed by atoms with E-state index < -0.39 is 17.8 Å². The van der Waals surface area contributed by atoms with Crippen molar-refractivity contribution < 1.29 is 19.7 Å². The number of aliphatic hydroxyl groups is 1. The fraction of sp³-hybridized carbons (Fsp3) is 0.381. The number of carbonyl (C=O) groups excluding carboxylic acids is 1. The van der Waals surface area contributed by atoms with Crippen molar-refractivity contribution in [3.63, 3.8) is 0 Å². The third-order valence-corrected chi connectivity index (χ3v) is 3.84. The third-order valence-electron chi connectivity index (χ3n) is 3.84. The second kappa shape index (κ2) is 8.72. The monoisotopic (exact) mass is 357 g/mol. The summed E-state index contributed by atoms with van der Waals surface area (Å²) in [6, 6.07) is 16.1. The molecule has 5 nitrogen and oxygen atoms in total. The summed E-state index contributed by atoms with van der Waals surface area (Å²) < 4.78 is 5.48. The number of phenolic OH excluding ortho intramolecular Hbond substituents is 1. The van der Waals surface area contributed by atoms with Gasteiger partial charge in [-0.3, -0.25) is 0 Å². The molecule has 0 radical (unpaired) electrons. The van der Waals surface area contributed by atoms with Gasteiger partial charge in [-0.25, -0.2) is 4.79 Å². The van der Waals surface area contributed by atoms with Crippen molar-refractivity contribution in [2.75, 3.05) is 13.1 Å². The molecule has 1 atom stereocenters. The minimum absolute atomic E-state index is 0.150. The van der Waals surface area contributed by atoms with E-state index in [1.807, 2.05) is 63.2 Å². The topological polar surface area (TPSA) is 70.0 Å². The van der Waals surface area contributed by atoms with Crippen LogP contribution in [0.2, 0.25) is 0 Å². The Kier molecular flexibility index (Phi) is 6.64. The highest BCUT2D eigenvalue weighted by molar-refractivity contribution is 5.68. The van der Waals surface area contributed by atoms with Crippen molar-refractivity contribution in [3.05, 3.63) is 65.7 Å². The van der Waals surface area contributed by atoms with Crippen LogP contribution in [0.5, 0.6) is 5.75 Å². The first-order valence-electron chi connectivity index (χ1n) is 8.73. The summed E-state index contributed by atoms with van der Waals surface area (Å²) in [5.41, 5.74) is 1.14. The second-order valence-corrected chi connectivity index (χ2v) is 7.27. The molecule has 0 aliphatic rings. The average molecular weight is 357 g/mol. The summed E-state index contributed by atoms with van der Waals surface area (Å²) in [6.45, 7) is 6.00. The van der Waals surface area contributed by atoms with Crippen molar-refractivity contribution in [1.82, 2.24) is 4.90 Å². The van der Waals surface area contributed by atoms with Crippen LogP contribution in [0.15, 0.2) is 54.6 Å². The van der Waals surface area contributed by atoms with Gasteiger partial charge in [0.15, 0.2) is 0 Å². The fourth-order valence-corrected chi connectivity index (χ4v) is 2.50. The molecule has 0 fully saturated rings. The van der Waals surface area contributed by atoms with Crippen LogP contribution in [0.1, 0.15) is 38.0 Å². The van der Waals surface area contributed by atoms with Gasteiger partial charge in [0.1, 0.15) is 11.4 Å². The maximum Gasteiger partial charge on any atom is 0.410 e. The van der Waals surface area contributed by atoms with Crippen molar-refractivity contribution in [1.29, 1.82) is 0 Å². The predicted molar refractivity (Wildman–Crippen MR) is 101 cm³/mol. The van der Waals surface area contributed by atoms with Crippen molar-refractivity contribution in [2.24, 2.45) is 0 Å². The predicted octanol–water partition coefficient (Wildman–Crippen LogP) is 3.91. The zero-order valence-corrected chi connectivity index (χ0v) is 15.6. The van der Waals surface area contributed by atoms with Gasteiger partial charge in [-0.05, 0) is 50.5 Å². The molecule has 0 heterocycles. The van der Waals surface area contributed by atoms with E-state index in [1.54, 1.807) is 12.1 Å². The SMILES string of the molecule is CC(C)(C)OC(=O)N(CCc1ccc(O)cc1)CC(O)c1ccccc1. The Morgan fingerprint density at radius 3 is 2.27 bits per heavy atom. The average Bonchev–Trinajstić information content (AvgIpc) is 2.59. The highest BCUT2D eigenvalue weighted by Gasteiger charge is 2.24. The van der Waals surface area contributed by atoms with Crippen LogP contribution < -0.4 is 0 Å². The zero-order valence-electron chi connectivity index (χ0n) is 15.6. The van der Waals surface area contributed by atoms with Gasteiger partial charge in [-0.1, -0.05) is 42.5 Å². The van der Waals surface area contributed by atoms with Gasteiger partial charge >= 0.3 is 6.09 Å². The maximum atomic E-state index is 12.6. The normalized spacial score (nSPS) is 12.5. The second-order valence-electron chi connectivity index (χ2n) is 7.27. The molecular formula is C21H27NO4. The lowest BCUT2D eigenvalue weighted by atomic mass is 10.1. The van der Waals surface area contributed by atoms with E-state index in [0.717, 1.165) is 11.1 Å². The molecule has 0 saturated carbocycles. The van der Waals surface area contributed by atoms with E-state index in [2.05, 4.69) is 0 Å². The summed E-state index contributed by atoms with van der Waals surface area (Å²) in [5, 5.41) is 19.9. The quantitative estimate of drug-likeness (QED) is 0.822. The minimum atomic E-state index is -0.788. The number of benzene rings is 2. The van der Waals surface area contributed by atoms with Gasteiger partial charge in [0, 0.05) is 6.54 Å². The number of amides is 1. The molecule has 26 heavy (non-hydrogen) atoms. The number of carbonyl (C=O) groups is 1. The largest absolute Gasteiger partial charge is 0.508 e. The molecule has 5 heteroatoms. The van der Waals surface area contributed by atoms with Gasteiger partial charge in [-0.15, -0.1) is 0 Å². The summed E-state index contributed by atoms with van der Waals surface area (Å²) >= 11 is 0. The number of nitrogens with zero attached hydrogens (tertiary/aromatic N) is 1. The van der Waals surface area contributed by atoms with E-state index in [1.165, 1.54) is 4.90 Å². The number of aliphatic hydroxyl groups excluding tert-OH is 1. The van der Waals surface area contributed by atoms with Crippen LogP contribution in [0, 0.1) is 0 Å². The molecule has 0 bridgehead atoms. The Morgan fingerprint density at radius 2 is 1.69 bits per heavy atom. The van der Waals surface area contributed by atoms with Crippen LogP contribution >= 0.6 is 0 Å². The van der Waals surface area contributed by atoms with Crippen molar-refractivity contribution >= 4 is 6.09 Å². The Labute approximate surface area is 154 Å². The van der Waals surface area contributed by atoms with E-state index in [9.17, 15) is 15.0 Å². The molecular weight excluding hydrogens is 330 g/mol.